The third-order valence-corrected chi connectivity index (χ3v) is 5.72. The van der Waals surface area contributed by atoms with Crippen LogP contribution in [0.5, 0.6) is 5.75 Å². The number of para-hydroxylation sites is 1. The lowest BCUT2D eigenvalue weighted by Crippen LogP contribution is -2.18. The van der Waals surface area contributed by atoms with E-state index in [9.17, 15) is 31.1 Å². The Labute approximate surface area is 204 Å². The summed E-state index contributed by atoms with van der Waals surface area (Å²) < 4.78 is 79.3. The van der Waals surface area contributed by atoms with Crippen molar-refractivity contribution in [1.29, 1.82) is 0 Å². The fourth-order valence-corrected chi connectivity index (χ4v) is 4.44. The van der Waals surface area contributed by atoms with Gasteiger partial charge in [-0.05, 0) is 63.0 Å². The van der Waals surface area contributed by atoms with Gasteiger partial charge in [0.1, 0.15) is 10.6 Å². The van der Waals surface area contributed by atoms with E-state index in [0.717, 1.165) is 17.8 Å². The Bertz CT molecular complexity index is 1100. The van der Waals surface area contributed by atoms with E-state index in [1.165, 1.54) is 6.92 Å². The molecule has 0 radical (unpaired) electrons. The Morgan fingerprint density at radius 2 is 1.61 bits per heavy atom. The summed E-state index contributed by atoms with van der Waals surface area (Å²) in [5.74, 6) is -1.69. The van der Waals surface area contributed by atoms with E-state index in [1.54, 1.807) is 0 Å². The maximum atomic E-state index is 13.0. The van der Waals surface area contributed by atoms with Crippen LogP contribution in [0.1, 0.15) is 20.4 Å². The van der Waals surface area contributed by atoms with Crippen LogP contribution in [0.25, 0.3) is 0 Å². The van der Waals surface area contributed by atoms with Gasteiger partial charge in [0, 0.05) is 14.6 Å². The lowest BCUT2D eigenvalue weighted by molar-refractivity contribution is -0.274. The molecule has 0 fully saturated rings. The monoisotopic (exact) mass is 619 g/mol. The van der Waals surface area contributed by atoms with Crippen LogP contribution in [0.15, 0.2) is 51.4 Å². The number of ether oxygens (including phenoxy) is 1. The Morgan fingerprint density at radius 3 is 2.03 bits per heavy atom. The van der Waals surface area contributed by atoms with Crippen molar-refractivity contribution in [2.45, 2.75) is 19.5 Å². The molecule has 1 heterocycles. The van der Waals surface area contributed by atoms with Gasteiger partial charge in [-0.15, -0.1) is 24.5 Å². The zero-order valence-electron chi connectivity index (χ0n) is 16.3. The molecule has 1 amide bonds. The molecule has 5 nitrogen and oxygen atoms in total. The standard InChI is InChI=1S/C13H6Br2F6N2O2S.C6H7N/c1-4-22-10(12(16,17)18)9(26-4)11(24)23-8-6(14)2-5(3-7(8)15)25-13(19,20)21;7-6-4-2-1-3-5-6/h2-3H,1H3,(H,23,24);1-5H,7H2. The number of nitrogens with two attached hydrogens (primary N) is 1. The van der Waals surface area contributed by atoms with Crippen LogP contribution in [0.3, 0.4) is 0 Å². The summed E-state index contributed by atoms with van der Waals surface area (Å²) in [7, 11) is 0. The number of carbonyl (C=O) groups excluding carboxylic acids is 1. The molecule has 0 bridgehead atoms. The van der Waals surface area contributed by atoms with Gasteiger partial charge in [-0.25, -0.2) is 4.98 Å². The molecule has 1 aromatic heterocycles. The summed E-state index contributed by atoms with van der Waals surface area (Å²) in [6.07, 6.45) is -9.75. The minimum atomic E-state index is -4.93. The molecule has 33 heavy (non-hydrogen) atoms. The predicted octanol–water partition coefficient (Wildman–Crippen LogP) is 7.42. The van der Waals surface area contributed by atoms with Gasteiger partial charge in [-0.3, -0.25) is 4.79 Å². The molecule has 3 rings (SSSR count). The first kappa shape index (κ1) is 26.9. The highest BCUT2D eigenvalue weighted by atomic mass is 79.9. The van der Waals surface area contributed by atoms with Crippen LogP contribution in [0.2, 0.25) is 0 Å². The zero-order chi connectivity index (χ0) is 25.0. The van der Waals surface area contributed by atoms with Crippen molar-refractivity contribution in [3.05, 3.63) is 67.0 Å². The van der Waals surface area contributed by atoms with Gasteiger partial charge in [0.25, 0.3) is 5.91 Å². The number of hydrogen-bond acceptors (Lipinski definition) is 5. The Balaban J connectivity index is 0.000000468. The summed E-state index contributed by atoms with van der Waals surface area (Å²) in [5, 5.41) is 2.25. The number of rotatable bonds is 3. The normalized spacial score (nSPS) is 11.4. The van der Waals surface area contributed by atoms with E-state index < -0.39 is 34.8 Å². The molecule has 0 aliphatic rings. The highest BCUT2D eigenvalue weighted by Gasteiger charge is 2.39. The highest BCUT2D eigenvalue weighted by molar-refractivity contribution is 9.11. The molecule has 0 unspecified atom stereocenters. The number of nitrogens with one attached hydrogen (secondary N) is 1. The topological polar surface area (TPSA) is 77.2 Å². The largest absolute Gasteiger partial charge is 0.573 e. The Morgan fingerprint density at radius 1 is 1.06 bits per heavy atom. The summed E-state index contributed by atoms with van der Waals surface area (Å²) in [6.45, 7) is 1.31. The predicted molar refractivity (Wildman–Crippen MR) is 119 cm³/mol. The fraction of sp³-hybridized carbons (Fsp3) is 0.158. The maximum Gasteiger partial charge on any atom is 0.573 e. The van der Waals surface area contributed by atoms with Crippen molar-refractivity contribution in [2.75, 3.05) is 11.1 Å². The number of anilines is 2. The van der Waals surface area contributed by atoms with Gasteiger partial charge >= 0.3 is 12.5 Å². The minimum absolute atomic E-state index is 0.0331. The fourth-order valence-electron chi connectivity index (χ4n) is 2.26. The summed E-state index contributed by atoms with van der Waals surface area (Å²) >= 11 is 6.43. The molecule has 0 spiro atoms. The number of alkyl halides is 6. The van der Waals surface area contributed by atoms with E-state index in [-0.39, 0.29) is 19.6 Å². The second-order valence-corrected chi connectivity index (χ2v) is 8.99. The van der Waals surface area contributed by atoms with Crippen molar-refractivity contribution < 1.29 is 35.9 Å². The van der Waals surface area contributed by atoms with Crippen LogP contribution in [-0.2, 0) is 6.18 Å². The van der Waals surface area contributed by atoms with Gasteiger partial charge in [0.05, 0.1) is 10.7 Å². The number of nitrogens with zero attached hydrogens (tertiary/aromatic N) is 1. The molecular formula is C19H13Br2F6N3O2S. The number of benzene rings is 2. The lowest BCUT2D eigenvalue weighted by atomic mass is 10.2. The molecule has 3 aromatic rings. The van der Waals surface area contributed by atoms with Crippen molar-refractivity contribution in [2.24, 2.45) is 0 Å². The molecular weight excluding hydrogens is 608 g/mol. The van der Waals surface area contributed by atoms with Crippen LogP contribution < -0.4 is 15.8 Å². The van der Waals surface area contributed by atoms with Crippen molar-refractivity contribution in [3.63, 3.8) is 0 Å². The van der Waals surface area contributed by atoms with Crippen LogP contribution >= 0.6 is 43.2 Å². The average molecular weight is 621 g/mol. The quantitative estimate of drug-likeness (QED) is 0.236. The van der Waals surface area contributed by atoms with Crippen LogP contribution in [-0.4, -0.2) is 17.3 Å². The molecule has 3 N–H and O–H groups in total. The first-order valence-electron chi connectivity index (χ1n) is 8.58. The first-order valence-corrected chi connectivity index (χ1v) is 11.0. The Kier molecular flexibility index (Phi) is 8.76. The molecule has 178 valence electrons. The molecule has 0 saturated carbocycles. The molecule has 0 atom stereocenters. The van der Waals surface area contributed by atoms with Crippen molar-refractivity contribution in [3.8, 4) is 5.75 Å². The van der Waals surface area contributed by atoms with Crippen molar-refractivity contribution in [1.82, 2.24) is 4.98 Å². The third kappa shape index (κ3) is 8.19. The molecule has 2 aromatic carbocycles. The average Bonchev–Trinajstić information content (AvgIpc) is 3.07. The maximum absolute atomic E-state index is 13.0. The van der Waals surface area contributed by atoms with E-state index in [0.29, 0.717) is 11.3 Å². The number of halogens is 8. The number of aromatic nitrogens is 1. The van der Waals surface area contributed by atoms with E-state index >= 15 is 0 Å². The second-order valence-electron chi connectivity index (χ2n) is 6.08. The number of carbonyl (C=O) groups is 1. The Hall–Kier alpha value is -2.32. The van der Waals surface area contributed by atoms with Gasteiger partial charge in [0.15, 0.2) is 5.69 Å². The SMILES string of the molecule is Cc1nc(C(F)(F)F)c(C(=O)Nc2c(Br)cc(OC(F)(F)F)cc2Br)s1.Nc1ccccc1. The third-order valence-electron chi connectivity index (χ3n) is 3.50. The summed E-state index contributed by atoms with van der Waals surface area (Å²) in [4.78, 5) is 14.9. The lowest BCUT2D eigenvalue weighted by Gasteiger charge is -2.14. The minimum Gasteiger partial charge on any atom is -0.406 e. The van der Waals surface area contributed by atoms with Gasteiger partial charge in [-0.1, -0.05) is 18.2 Å². The molecule has 14 heteroatoms. The van der Waals surface area contributed by atoms with Gasteiger partial charge in [-0.2, -0.15) is 13.2 Å². The van der Waals surface area contributed by atoms with E-state index in [4.69, 9.17) is 5.73 Å². The molecule has 0 aliphatic carbocycles. The number of aryl methyl sites for hydroxylation is 1. The summed E-state index contributed by atoms with van der Waals surface area (Å²) in [5.41, 5.74) is 4.78. The second kappa shape index (κ2) is 10.7. The number of amides is 1. The zero-order valence-corrected chi connectivity index (χ0v) is 20.3. The van der Waals surface area contributed by atoms with Crippen LogP contribution in [0, 0.1) is 6.92 Å². The van der Waals surface area contributed by atoms with E-state index in [1.807, 2.05) is 30.3 Å². The number of nitrogen functional groups attached to an aromatic ring is 1. The first-order chi connectivity index (χ1) is 15.2. The van der Waals surface area contributed by atoms with Gasteiger partial charge < -0.3 is 15.8 Å². The molecule has 0 aliphatic heterocycles. The van der Waals surface area contributed by atoms with Gasteiger partial charge in [0.2, 0.25) is 0 Å². The number of thiazole rings is 1. The molecule has 0 saturated heterocycles. The van der Waals surface area contributed by atoms with E-state index in [2.05, 4.69) is 46.9 Å². The van der Waals surface area contributed by atoms with Crippen molar-refractivity contribution >= 4 is 60.5 Å². The number of hydrogen-bond donors (Lipinski definition) is 2. The smallest absolute Gasteiger partial charge is 0.406 e. The highest BCUT2D eigenvalue weighted by Crippen LogP contribution is 2.39. The van der Waals surface area contributed by atoms with Crippen LogP contribution in [0.4, 0.5) is 37.7 Å². The summed E-state index contributed by atoms with van der Waals surface area (Å²) in [6, 6.07) is 11.3.